The first-order valence-electron chi connectivity index (χ1n) is 11.9. The largest absolute Gasteiger partial charge is 0.497 e. The maximum atomic E-state index is 13.2. The molecular formula is C26H32ClN3O4S. The summed E-state index contributed by atoms with van der Waals surface area (Å²) in [5.41, 5.74) is 1.50. The van der Waals surface area contributed by atoms with Crippen LogP contribution in [0.15, 0.2) is 42.5 Å². The molecule has 7 nitrogen and oxygen atoms in total. The number of methoxy groups -OCH3 is 2. The van der Waals surface area contributed by atoms with Crippen LogP contribution in [0.5, 0.6) is 11.5 Å². The van der Waals surface area contributed by atoms with Crippen molar-refractivity contribution in [2.45, 2.75) is 24.0 Å². The molecule has 9 heteroatoms. The van der Waals surface area contributed by atoms with Crippen molar-refractivity contribution in [3.05, 3.63) is 58.6 Å². The fourth-order valence-electron chi connectivity index (χ4n) is 4.59. The van der Waals surface area contributed by atoms with Gasteiger partial charge in [-0.1, -0.05) is 30.7 Å². The van der Waals surface area contributed by atoms with Gasteiger partial charge >= 0.3 is 0 Å². The van der Waals surface area contributed by atoms with Gasteiger partial charge in [0.25, 0.3) is 5.91 Å². The maximum Gasteiger partial charge on any atom is 0.255 e. The third-order valence-corrected chi connectivity index (χ3v) is 8.59. The quantitative estimate of drug-likeness (QED) is 0.524. The van der Waals surface area contributed by atoms with Crippen LogP contribution in [0.3, 0.4) is 0 Å². The zero-order valence-electron chi connectivity index (χ0n) is 20.4. The molecule has 35 heavy (non-hydrogen) atoms. The van der Waals surface area contributed by atoms with Crippen LogP contribution >= 0.6 is 23.4 Å². The van der Waals surface area contributed by atoms with E-state index in [1.165, 1.54) is 0 Å². The van der Waals surface area contributed by atoms with Crippen molar-refractivity contribution < 1.29 is 19.1 Å². The van der Waals surface area contributed by atoms with E-state index in [1.807, 2.05) is 47.1 Å². The molecule has 2 aliphatic rings. The molecule has 0 radical (unpaired) electrons. The number of thioether (sulfide) groups is 1. The molecular weight excluding hydrogens is 486 g/mol. The van der Waals surface area contributed by atoms with Gasteiger partial charge in [0.15, 0.2) is 0 Å². The Kier molecular flexibility index (Phi) is 8.46. The van der Waals surface area contributed by atoms with Crippen LogP contribution in [0.2, 0.25) is 5.02 Å². The highest BCUT2D eigenvalue weighted by Gasteiger charge is 2.41. The van der Waals surface area contributed by atoms with Gasteiger partial charge in [-0.15, -0.1) is 11.8 Å². The fraction of sp³-hybridized carbons (Fsp3) is 0.462. The Labute approximate surface area is 216 Å². The van der Waals surface area contributed by atoms with E-state index >= 15 is 0 Å². The topological polar surface area (TPSA) is 62.3 Å². The lowest BCUT2D eigenvalue weighted by Gasteiger charge is -2.36. The van der Waals surface area contributed by atoms with Crippen molar-refractivity contribution in [1.29, 1.82) is 0 Å². The average molecular weight is 518 g/mol. The van der Waals surface area contributed by atoms with Gasteiger partial charge in [-0.2, -0.15) is 0 Å². The van der Waals surface area contributed by atoms with E-state index in [4.69, 9.17) is 21.1 Å². The highest BCUT2D eigenvalue weighted by molar-refractivity contribution is 8.01. The predicted octanol–water partition coefficient (Wildman–Crippen LogP) is 4.17. The summed E-state index contributed by atoms with van der Waals surface area (Å²) in [6, 6.07) is 12.9. The van der Waals surface area contributed by atoms with Crippen molar-refractivity contribution >= 4 is 35.2 Å². The molecule has 2 aromatic carbocycles. The van der Waals surface area contributed by atoms with Gasteiger partial charge in [0.05, 0.1) is 30.1 Å². The van der Waals surface area contributed by atoms with Crippen LogP contribution < -0.4 is 9.47 Å². The summed E-state index contributed by atoms with van der Waals surface area (Å²) in [6.07, 6.45) is 0.783. The van der Waals surface area contributed by atoms with Crippen LogP contribution in [-0.2, 0) is 4.79 Å². The third kappa shape index (κ3) is 5.55. The number of carbonyl (C=O) groups is 2. The molecule has 0 aliphatic carbocycles. The summed E-state index contributed by atoms with van der Waals surface area (Å²) >= 11 is 7.89. The highest BCUT2D eigenvalue weighted by atomic mass is 35.5. The van der Waals surface area contributed by atoms with E-state index in [1.54, 1.807) is 38.1 Å². The number of carbonyl (C=O) groups excluding carboxylic acids is 2. The highest BCUT2D eigenvalue weighted by Crippen LogP contribution is 2.47. The van der Waals surface area contributed by atoms with E-state index in [-0.39, 0.29) is 22.4 Å². The monoisotopic (exact) mass is 517 g/mol. The molecule has 2 saturated heterocycles. The zero-order chi connectivity index (χ0) is 24.9. The first-order chi connectivity index (χ1) is 17.0. The Morgan fingerprint density at radius 2 is 1.80 bits per heavy atom. The molecule has 0 saturated carbocycles. The lowest BCUT2D eigenvalue weighted by Crippen LogP contribution is -2.50. The first kappa shape index (κ1) is 25.7. The van der Waals surface area contributed by atoms with Gasteiger partial charge < -0.3 is 19.3 Å². The second-order valence-electron chi connectivity index (χ2n) is 8.64. The van der Waals surface area contributed by atoms with Crippen molar-refractivity contribution in [3.63, 3.8) is 0 Å². The summed E-state index contributed by atoms with van der Waals surface area (Å²) in [4.78, 5) is 32.2. The molecule has 188 valence electrons. The van der Waals surface area contributed by atoms with E-state index in [9.17, 15) is 9.59 Å². The Morgan fingerprint density at radius 1 is 1.06 bits per heavy atom. The number of piperazine rings is 1. The van der Waals surface area contributed by atoms with Crippen LogP contribution in [0.1, 0.15) is 34.6 Å². The maximum absolute atomic E-state index is 13.2. The van der Waals surface area contributed by atoms with Crippen LogP contribution in [0.4, 0.5) is 0 Å². The number of rotatable bonds is 8. The minimum atomic E-state index is -0.124. The van der Waals surface area contributed by atoms with Crippen molar-refractivity contribution in [3.8, 4) is 11.5 Å². The Bertz CT molecular complexity index is 1060. The lowest BCUT2D eigenvalue weighted by atomic mass is 10.1. The summed E-state index contributed by atoms with van der Waals surface area (Å²) in [7, 11) is 3.29. The van der Waals surface area contributed by atoms with Gasteiger partial charge in [0.2, 0.25) is 5.91 Å². The van der Waals surface area contributed by atoms with Crippen molar-refractivity contribution in [1.82, 2.24) is 14.7 Å². The van der Waals surface area contributed by atoms with Crippen molar-refractivity contribution in [2.24, 2.45) is 0 Å². The lowest BCUT2D eigenvalue weighted by molar-refractivity contribution is -0.130. The van der Waals surface area contributed by atoms with Gasteiger partial charge in [-0.25, -0.2) is 0 Å². The van der Waals surface area contributed by atoms with E-state index in [2.05, 4.69) is 4.90 Å². The molecule has 0 spiro atoms. The molecule has 0 bridgehead atoms. The minimum absolute atomic E-state index is 0.0302. The second kappa shape index (κ2) is 11.5. The molecule has 2 aromatic rings. The van der Waals surface area contributed by atoms with Crippen LogP contribution in [0, 0.1) is 0 Å². The molecule has 2 heterocycles. The smallest absolute Gasteiger partial charge is 0.255 e. The Morgan fingerprint density at radius 3 is 2.46 bits per heavy atom. The number of hydrogen-bond acceptors (Lipinski definition) is 6. The summed E-state index contributed by atoms with van der Waals surface area (Å²) in [5, 5.41) is 0.288. The number of hydrogen-bond donors (Lipinski definition) is 0. The molecule has 2 amide bonds. The van der Waals surface area contributed by atoms with E-state index in [0.29, 0.717) is 30.2 Å². The number of ether oxygens (including phenoxy) is 2. The second-order valence-corrected chi connectivity index (χ2v) is 10.3. The zero-order valence-corrected chi connectivity index (χ0v) is 22.0. The van der Waals surface area contributed by atoms with E-state index < -0.39 is 0 Å². The normalized spacial score (nSPS) is 20.9. The Hall–Kier alpha value is -2.42. The first-order valence-corrected chi connectivity index (χ1v) is 13.2. The predicted molar refractivity (Wildman–Crippen MR) is 139 cm³/mol. The number of nitrogens with zero attached hydrogens (tertiary/aromatic N) is 3. The minimum Gasteiger partial charge on any atom is -0.497 e. The molecule has 2 unspecified atom stereocenters. The summed E-state index contributed by atoms with van der Waals surface area (Å²) < 4.78 is 11.1. The standard InChI is InChI=1S/C26H32ClN3O4S/c1-4-23-25(32)30(26(35-23)20-17-18(33-2)9-10-22(20)34-3)16-13-28-11-14-29(15-12-28)24(31)19-7-5-6-8-21(19)27/h5-10,17,23,26H,4,11-16H2,1-3H3. The number of halogens is 1. The van der Waals surface area contributed by atoms with Crippen molar-refractivity contribution in [2.75, 3.05) is 53.5 Å². The molecule has 0 N–H and O–H groups in total. The number of amides is 2. The Balaban J connectivity index is 1.41. The molecule has 2 aliphatic heterocycles. The van der Waals surface area contributed by atoms with E-state index in [0.717, 1.165) is 43.1 Å². The van der Waals surface area contributed by atoms with Crippen LogP contribution in [0.25, 0.3) is 0 Å². The van der Waals surface area contributed by atoms with Crippen LogP contribution in [-0.4, -0.2) is 85.3 Å². The third-order valence-electron chi connectivity index (χ3n) is 6.63. The average Bonchev–Trinajstić information content (AvgIpc) is 3.22. The van der Waals surface area contributed by atoms with Gasteiger partial charge in [-0.05, 0) is 36.8 Å². The SMILES string of the molecule is CCC1SC(c2cc(OC)ccc2OC)N(CCN2CCN(C(=O)c3ccccc3Cl)CC2)C1=O. The molecule has 2 fully saturated rings. The molecule has 0 aromatic heterocycles. The van der Waals surface area contributed by atoms with Gasteiger partial charge in [0.1, 0.15) is 16.9 Å². The summed E-state index contributed by atoms with van der Waals surface area (Å²) in [5.74, 6) is 1.63. The number of benzene rings is 2. The fourth-order valence-corrected chi connectivity index (χ4v) is 6.25. The van der Waals surface area contributed by atoms with Gasteiger partial charge in [-0.3, -0.25) is 14.5 Å². The van der Waals surface area contributed by atoms with Gasteiger partial charge in [0, 0.05) is 44.8 Å². The molecule has 2 atom stereocenters. The summed E-state index contributed by atoms with van der Waals surface area (Å²) in [6.45, 7) is 6.21. The molecule has 4 rings (SSSR count).